The van der Waals surface area contributed by atoms with E-state index in [0.717, 1.165) is 19.3 Å². The highest BCUT2D eigenvalue weighted by Gasteiger charge is 2.33. The molecule has 0 aromatic heterocycles. The standard InChI is InChI=1S/C15H23NO2S/c1-4-14-6-5-11-16(14)19(17,18)15-9-7-13(8-10-15)12(2)3/h7-10,12,14H,4-6,11H2,1-3H3. The smallest absolute Gasteiger partial charge is 0.207 e. The molecule has 0 N–H and O–H groups in total. The van der Waals surface area contributed by atoms with Crippen LogP contribution in [0.15, 0.2) is 29.2 Å². The highest BCUT2D eigenvalue weighted by molar-refractivity contribution is 7.89. The van der Waals surface area contributed by atoms with E-state index in [1.807, 2.05) is 12.1 Å². The van der Waals surface area contributed by atoms with Crippen LogP contribution >= 0.6 is 0 Å². The first kappa shape index (κ1) is 14.5. The number of hydrogen-bond donors (Lipinski definition) is 0. The maximum absolute atomic E-state index is 12.6. The van der Waals surface area contributed by atoms with Crippen molar-refractivity contribution in [3.05, 3.63) is 29.8 Å². The van der Waals surface area contributed by atoms with Crippen molar-refractivity contribution in [3.8, 4) is 0 Å². The number of hydrogen-bond acceptors (Lipinski definition) is 2. The van der Waals surface area contributed by atoms with Gasteiger partial charge in [0.05, 0.1) is 4.90 Å². The summed E-state index contributed by atoms with van der Waals surface area (Å²) in [4.78, 5) is 0.428. The van der Waals surface area contributed by atoms with Crippen molar-refractivity contribution in [2.75, 3.05) is 6.54 Å². The van der Waals surface area contributed by atoms with Crippen molar-refractivity contribution in [1.29, 1.82) is 0 Å². The van der Waals surface area contributed by atoms with Gasteiger partial charge >= 0.3 is 0 Å². The molecular weight excluding hydrogens is 258 g/mol. The molecular formula is C15H23NO2S. The Hall–Kier alpha value is -0.870. The molecule has 1 fully saturated rings. The summed E-state index contributed by atoms with van der Waals surface area (Å²) in [5.41, 5.74) is 1.17. The first-order chi connectivity index (χ1) is 8.96. The lowest BCUT2D eigenvalue weighted by molar-refractivity contribution is 0.379. The van der Waals surface area contributed by atoms with E-state index in [1.54, 1.807) is 16.4 Å². The van der Waals surface area contributed by atoms with Gasteiger partial charge in [-0.3, -0.25) is 0 Å². The Bertz CT molecular complexity index is 520. The molecule has 0 spiro atoms. The summed E-state index contributed by atoms with van der Waals surface area (Å²) in [7, 11) is -3.31. The molecule has 0 amide bonds. The molecule has 1 heterocycles. The van der Waals surface area contributed by atoms with Gasteiger partial charge in [0.1, 0.15) is 0 Å². The quantitative estimate of drug-likeness (QED) is 0.848. The molecule has 4 heteroatoms. The minimum atomic E-state index is -3.31. The van der Waals surface area contributed by atoms with Crippen LogP contribution in [0.4, 0.5) is 0 Å². The minimum Gasteiger partial charge on any atom is -0.207 e. The van der Waals surface area contributed by atoms with Crippen LogP contribution in [-0.4, -0.2) is 25.3 Å². The van der Waals surface area contributed by atoms with Gasteiger partial charge in [-0.05, 0) is 42.9 Å². The fraction of sp³-hybridized carbons (Fsp3) is 0.600. The largest absolute Gasteiger partial charge is 0.243 e. The van der Waals surface area contributed by atoms with Gasteiger partial charge in [0.2, 0.25) is 10.0 Å². The van der Waals surface area contributed by atoms with Crippen LogP contribution in [0, 0.1) is 0 Å². The average Bonchev–Trinajstić information content (AvgIpc) is 2.87. The van der Waals surface area contributed by atoms with Gasteiger partial charge in [-0.2, -0.15) is 4.31 Å². The third-order valence-corrected chi connectivity index (χ3v) is 5.91. The summed E-state index contributed by atoms with van der Waals surface area (Å²) in [5.74, 6) is 0.423. The van der Waals surface area contributed by atoms with Gasteiger partial charge < -0.3 is 0 Å². The van der Waals surface area contributed by atoms with Crippen molar-refractivity contribution >= 4 is 10.0 Å². The predicted octanol–water partition coefficient (Wildman–Crippen LogP) is 3.37. The SMILES string of the molecule is CCC1CCCN1S(=O)(=O)c1ccc(C(C)C)cc1. The van der Waals surface area contributed by atoms with Crippen molar-refractivity contribution in [1.82, 2.24) is 4.31 Å². The maximum Gasteiger partial charge on any atom is 0.243 e. The van der Waals surface area contributed by atoms with Crippen molar-refractivity contribution in [3.63, 3.8) is 0 Å². The number of nitrogens with zero attached hydrogens (tertiary/aromatic N) is 1. The monoisotopic (exact) mass is 281 g/mol. The Morgan fingerprint density at radius 3 is 2.42 bits per heavy atom. The van der Waals surface area contributed by atoms with Crippen LogP contribution < -0.4 is 0 Å². The molecule has 0 radical (unpaired) electrons. The van der Waals surface area contributed by atoms with Gasteiger partial charge in [-0.25, -0.2) is 8.42 Å². The molecule has 0 saturated carbocycles. The second kappa shape index (κ2) is 5.63. The van der Waals surface area contributed by atoms with Crippen LogP contribution in [0.1, 0.15) is 51.5 Å². The molecule has 1 atom stereocenters. The minimum absolute atomic E-state index is 0.176. The van der Waals surface area contributed by atoms with E-state index in [2.05, 4.69) is 20.8 Å². The lowest BCUT2D eigenvalue weighted by Gasteiger charge is -2.23. The number of benzene rings is 1. The van der Waals surface area contributed by atoms with E-state index in [0.29, 0.717) is 17.4 Å². The van der Waals surface area contributed by atoms with Crippen LogP contribution in [-0.2, 0) is 10.0 Å². The van der Waals surface area contributed by atoms with Crippen LogP contribution in [0.25, 0.3) is 0 Å². The Morgan fingerprint density at radius 1 is 1.26 bits per heavy atom. The molecule has 1 aromatic rings. The Labute approximate surface area is 116 Å². The van der Waals surface area contributed by atoms with E-state index in [-0.39, 0.29) is 6.04 Å². The van der Waals surface area contributed by atoms with Gasteiger partial charge in [-0.15, -0.1) is 0 Å². The predicted molar refractivity (Wildman–Crippen MR) is 77.7 cm³/mol. The fourth-order valence-corrected chi connectivity index (χ4v) is 4.46. The molecule has 1 aromatic carbocycles. The zero-order valence-electron chi connectivity index (χ0n) is 12.0. The van der Waals surface area contributed by atoms with Crippen LogP contribution in [0.5, 0.6) is 0 Å². The summed E-state index contributed by atoms with van der Waals surface area (Å²) in [5, 5.41) is 0. The Kier molecular flexibility index (Phi) is 4.31. The molecule has 19 heavy (non-hydrogen) atoms. The zero-order chi connectivity index (χ0) is 14.0. The zero-order valence-corrected chi connectivity index (χ0v) is 12.8. The fourth-order valence-electron chi connectivity index (χ4n) is 2.69. The summed E-state index contributed by atoms with van der Waals surface area (Å²) < 4.78 is 26.9. The lowest BCUT2D eigenvalue weighted by atomic mass is 10.0. The third-order valence-electron chi connectivity index (χ3n) is 3.95. The molecule has 3 nitrogen and oxygen atoms in total. The molecule has 1 aliphatic heterocycles. The van der Waals surface area contributed by atoms with E-state index >= 15 is 0 Å². The summed E-state index contributed by atoms with van der Waals surface area (Å²) >= 11 is 0. The van der Waals surface area contributed by atoms with Crippen LogP contribution in [0.3, 0.4) is 0 Å². The van der Waals surface area contributed by atoms with Gasteiger partial charge in [0.15, 0.2) is 0 Å². The summed E-state index contributed by atoms with van der Waals surface area (Å²) in [6.07, 6.45) is 2.85. The normalized spacial score (nSPS) is 21.2. The highest BCUT2D eigenvalue weighted by Crippen LogP contribution is 2.28. The van der Waals surface area contributed by atoms with Crippen molar-refractivity contribution in [2.24, 2.45) is 0 Å². The third kappa shape index (κ3) is 2.84. The summed E-state index contributed by atoms with van der Waals surface area (Å²) in [6, 6.07) is 7.52. The first-order valence-corrected chi connectivity index (χ1v) is 8.52. The lowest BCUT2D eigenvalue weighted by Crippen LogP contribution is -2.35. The van der Waals surface area contributed by atoms with E-state index in [4.69, 9.17) is 0 Å². The second-order valence-electron chi connectivity index (χ2n) is 5.54. The molecule has 1 saturated heterocycles. The first-order valence-electron chi connectivity index (χ1n) is 7.08. The molecule has 0 bridgehead atoms. The average molecular weight is 281 g/mol. The highest BCUT2D eigenvalue weighted by atomic mass is 32.2. The maximum atomic E-state index is 12.6. The second-order valence-corrected chi connectivity index (χ2v) is 7.43. The molecule has 2 rings (SSSR count). The molecule has 0 aliphatic carbocycles. The number of sulfonamides is 1. The molecule has 1 unspecified atom stereocenters. The van der Waals surface area contributed by atoms with Crippen molar-refractivity contribution in [2.45, 2.75) is 56.9 Å². The van der Waals surface area contributed by atoms with Gasteiger partial charge in [0, 0.05) is 12.6 Å². The van der Waals surface area contributed by atoms with E-state index in [1.165, 1.54) is 5.56 Å². The molecule has 1 aliphatic rings. The topological polar surface area (TPSA) is 37.4 Å². The van der Waals surface area contributed by atoms with E-state index in [9.17, 15) is 8.42 Å². The van der Waals surface area contributed by atoms with Gasteiger partial charge in [-0.1, -0.05) is 32.9 Å². The Balaban J connectivity index is 2.29. The molecule has 106 valence electrons. The number of rotatable bonds is 4. The van der Waals surface area contributed by atoms with Crippen LogP contribution in [0.2, 0.25) is 0 Å². The summed E-state index contributed by atoms with van der Waals surface area (Å²) in [6.45, 7) is 6.93. The Morgan fingerprint density at radius 2 is 1.89 bits per heavy atom. The van der Waals surface area contributed by atoms with Crippen molar-refractivity contribution < 1.29 is 8.42 Å². The van der Waals surface area contributed by atoms with Gasteiger partial charge in [0.25, 0.3) is 0 Å². The van der Waals surface area contributed by atoms with E-state index < -0.39 is 10.0 Å².